The van der Waals surface area contributed by atoms with Gasteiger partial charge in [-0.3, -0.25) is 4.79 Å². The van der Waals surface area contributed by atoms with E-state index < -0.39 is 0 Å². The van der Waals surface area contributed by atoms with Crippen molar-refractivity contribution in [2.75, 3.05) is 18.9 Å². The normalized spacial score (nSPS) is 10.1. The highest BCUT2D eigenvalue weighted by atomic mass is 16.1. The summed E-state index contributed by atoms with van der Waals surface area (Å²) in [6, 6.07) is 7.62. The predicted octanol–water partition coefficient (Wildman–Crippen LogP) is 3.43. The maximum absolute atomic E-state index is 11.5. The van der Waals surface area contributed by atoms with Crippen LogP contribution in [0.3, 0.4) is 0 Å². The SMILES string of the molecule is CCCCCCCNc1cccc(C(=O)NC)c1. The van der Waals surface area contributed by atoms with E-state index in [1.54, 1.807) is 7.05 Å². The highest BCUT2D eigenvalue weighted by molar-refractivity contribution is 5.94. The zero-order valence-electron chi connectivity index (χ0n) is 11.5. The fourth-order valence-corrected chi connectivity index (χ4v) is 1.88. The number of benzene rings is 1. The first-order chi connectivity index (χ1) is 8.77. The van der Waals surface area contributed by atoms with Gasteiger partial charge in [-0.25, -0.2) is 0 Å². The van der Waals surface area contributed by atoms with Gasteiger partial charge < -0.3 is 10.6 Å². The quantitative estimate of drug-likeness (QED) is 0.692. The molecule has 18 heavy (non-hydrogen) atoms. The number of hydrogen-bond acceptors (Lipinski definition) is 2. The smallest absolute Gasteiger partial charge is 0.251 e. The molecule has 0 atom stereocenters. The van der Waals surface area contributed by atoms with Crippen LogP contribution in [0.25, 0.3) is 0 Å². The van der Waals surface area contributed by atoms with Crippen LogP contribution in [0.2, 0.25) is 0 Å². The largest absolute Gasteiger partial charge is 0.385 e. The number of amides is 1. The van der Waals surface area contributed by atoms with Crippen LogP contribution < -0.4 is 10.6 Å². The third-order valence-electron chi connectivity index (χ3n) is 2.96. The van der Waals surface area contributed by atoms with Crippen LogP contribution in [-0.2, 0) is 0 Å². The summed E-state index contributed by atoms with van der Waals surface area (Å²) >= 11 is 0. The zero-order valence-corrected chi connectivity index (χ0v) is 11.5. The maximum atomic E-state index is 11.5. The van der Waals surface area contributed by atoms with Gasteiger partial charge in [0.15, 0.2) is 0 Å². The minimum absolute atomic E-state index is 0.0402. The second-order valence-corrected chi connectivity index (χ2v) is 4.50. The van der Waals surface area contributed by atoms with Gasteiger partial charge in [0, 0.05) is 24.8 Å². The Morgan fingerprint density at radius 2 is 1.94 bits per heavy atom. The molecule has 3 heteroatoms. The molecule has 0 heterocycles. The fraction of sp³-hybridized carbons (Fsp3) is 0.533. The molecule has 0 aliphatic rings. The maximum Gasteiger partial charge on any atom is 0.251 e. The average molecular weight is 248 g/mol. The molecule has 2 N–H and O–H groups in total. The minimum Gasteiger partial charge on any atom is -0.385 e. The predicted molar refractivity (Wildman–Crippen MR) is 77.1 cm³/mol. The number of unbranched alkanes of at least 4 members (excludes halogenated alkanes) is 4. The van der Waals surface area contributed by atoms with Gasteiger partial charge in [-0.2, -0.15) is 0 Å². The number of anilines is 1. The number of carbonyl (C=O) groups is 1. The first-order valence-electron chi connectivity index (χ1n) is 6.84. The minimum atomic E-state index is -0.0402. The van der Waals surface area contributed by atoms with Crippen molar-refractivity contribution < 1.29 is 4.79 Å². The van der Waals surface area contributed by atoms with Gasteiger partial charge in [-0.05, 0) is 24.6 Å². The molecule has 0 bridgehead atoms. The van der Waals surface area contributed by atoms with E-state index >= 15 is 0 Å². The van der Waals surface area contributed by atoms with Crippen LogP contribution in [0.4, 0.5) is 5.69 Å². The summed E-state index contributed by atoms with van der Waals surface area (Å²) in [4.78, 5) is 11.5. The Morgan fingerprint density at radius 1 is 1.17 bits per heavy atom. The standard InChI is InChI=1S/C15H24N2O/c1-3-4-5-6-7-11-17-14-10-8-9-13(12-14)15(18)16-2/h8-10,12,17H,3-7,11H2,1-2H3,(H,16,18). The van der Waals surface area contributed by atoms with Gasteiger partial charge in [0.2, 0.25) is 0 Å². The van der Waals surface area contributed by atoms with Crippen molar-refractivity contribution in [2.45, 2.75) is 39.0 Å². The summed E-state index contributed by atoms with van der Waals surface area (Å²) in [5, 5.41) is 5.99. The summed E-state index contributed by atoms with van der Waals surface area (Å²) in [7, 11) is 1.65. The molecule has 0 radical (unpaired) electrons. The molecule has 100 valence electrons. The van der Waals surface area contributed by atoms with Gasteiger partial charge >= 0.3 is 0 Å². The van der Waals surface area contributed by atoms with Crippen LogP contribution in [0.15, 0.2) is 24.3 Å². The van der Waals surface area contributed by atoms with Gasteiger partial charge in [0.25, 0.3) is 5.91 Å². The molecule has 3 nitrogen and oxygen atoms in total. The van der Waals surface area contributed by atoms with Crippen molar-refractivity contribution in [2.24, 2.45) is 0 Å². The van der Waals surface area contributed by atoms with Gasteiger partial charge in [-0.15, -0.1) is 0 Å². The summed E-state index contributed by atoms with van der Waals surface area (Å²) in [5.41, 5.74) is 1.72. The topological polar surface area (TPSA) is 41.1 Å². The molecule has 0 aliphatic carbocycles. The van der Waals surface area contributed by atoms with Crippen molar-refractivity contribution in [3.8, 4) is 0 Å². The first kappa shape index (κ1) is 14.6. The van der Waals surface area contributed by atoms with Crippen LogP contribution in [0.5, 0.6) is 0 Å². The summed E-state index contributed by atoms with van der Waals surface area (Å²) in [6.07, 6.45) is 6.38. The summed E-state index contributed by atoms with van der Waals surface area (Å²) in [5.74, 6) is -0.0402. The van der Waals surface area contributed by atoms with Crippen molar-refractivity contribution in [3.63, 3.8) is 0 Å². The van der Waals surface area contributed by atoms with Crippen LogP contribution in [-0.4, -0.2) is 19.5 Å². The van der Waals surface area contributed by atoms with Crippen molar-refractivity contribution >= 4 is 11.6 Å². The van der Waals surface area contributed by atoms with Crippen LogP contribution in [0.1, 0.15) is 49.4 Å². The number of nitrogens with one attached hydrogen (secondary N) is 2. The first-order valence-corrected chi connectivity index (χ1v) is 6.84. The van der Waals surface area contributed by atoms with Gasteiger partial charge in [-0.1, -0.05) is 38.7 Å². The van der Waals surface area contributed by atoms with Crippen LogP contribution in [0, 0.1) is 0 Å². The highest BCUT2D eigenvalue weighted by Crippen LogP contribution is 2.11. The molecule has 0 spiro atoms. The Kier molecular flexibility index (Phi) is 6.92. The Labute approximate surface area is 110 Å². The number of hydrogen-bond donors (Lipinski definition) is 2. The van der Waals surface area contributed by atoms with Crippen molar-refractivity contribution in [1.29, 1.82) is 0 Å². The summed E-state index contributed by atoms with van der Waals surface area (Å²) in [6.45, 7) is 3.20. The molecule has 0 aliphatic heterocycles. The molecule has 1 amide bonds. The van der Waals surface area contributed by atoms with E-state index in [0.29, 0.717) is 5.56 Å². The lowest BCUT2D eigenvalue weighted by molar-refractivity contribution is 0.0963. The average Bonchev–Trinajstić information content (AvgIpc) is 2.42. The van der Waals surface area contributed by atoms with E-state index in [1.807, 2.05) is 24.3 Å². The molecule has 1 aromatic rings. The molecule has 1 rings (SSSR count). The van der Waals surface area contributed by atoms with E-state index in [4.69, 9.17) is 0 Å². The third-order valence-corrected chi connectivity index (χ3v) is 2.96. The number of rotatable bonds is 8. The Morgan fingerprint density at radius 3 is 2.67 bits per heavy atom. The highest BCUT2D eigenvalue weighted by Gasteiger charge is 2.02. The lowest BCUT2D eigenvalue weighted by Gasteiger charge is -2.07. The third kappa shape index (κ3) is 5.21. The molecular formula is C15H24N2O. The van der Waals surface area contributed by atoms with E-state index in [9.17, 15) is 4.79 Å². The van der Waals surface area contributed by atoms with Crippen molar-refractivity contribution in [3.05, 3.63) is 29.8 Å². The van der Waals surface area contributed by atoms with Crippen molar-refractivity contribution in [1.82, 2.24) is 5.32 Å². The zero-order chi connectivity index (χ0) is 13.2. The molecule has 0 unspecified atom stereocenters. The van der Waals surface area contributed by atoms with E-state index in [-0.39, 0.29) is 5.91 Å². The Balaban J connectivity index is 2.32. The van der Waals surface area contributed by atoms with Crippen LogP contribution >= 0.6 is 0 Å². The molecule has 0 fully saturated rings. The fourth-order valence-electron chi connectivity index (χ4n) is 1.88. The lowest BCUT2D eigenvalue weighted by atomic mass is 10.1. The van der Waals surface area contributed by atoms with E-state index in [1.165, 1.54) is 32.1 Å². The Bertz CT molecular complexity index is 363. The molecule has 1 aromatic carbocycles. The molecule has 0 saturated carbocycles. The Hall–Kier alpha value is -1.51. The van der Waals surface area contributed by atoms with E-state index in [0.717, 1.165) is 12.2 Å². The molecule has 0 aromatic heterocycles. The van der Waals surface area contributed by atoms with Gasteiger partial charge in [0.1, 0.15) is 0 Å². The molecular weight excluding hydrogens is 224 g/mol. The monoisotopic (exact) mass is 248 g/mol. The number of carbonyl (C=O) groups excluding carboxylic acids is 1. The van der Waals surface area contributed by atoms with E-state index in [2.05, 4.69) is 17.6 Å². The summed E-state index contributed by atoms with van der Waals surface area (Å²) < 4.78 is 0. The second-order valence-electron chi connectivity index (χ2n) is 4.50. The molecule has 0 saturated heterocycles. The second kappa shape index (κ2) is 8.56. The lowest BCUT2D eigenvalue weighted by Crippen LogP contribution is -2.17. The van der Waals surface area contributed by atoms with Gasteiger partial charge in [0.05, 0.1) is 0 Å².